The molecule has 0 aliphatic heterocycles. The van der Waals surface area contributed by atoms with E-state index in [1.165, 1.54) is 27.7 Å². The van der Waals surface area contributed by atoms with Crippen LogP contribution in [0, 0.1) is 3.95 Å². The highest BCUT2D eigenvalue weighted by Gasteiger charge is 2.17. The van der Waals surface area contributed by atoms with Crippen molar-refractivity contribution in [3.8, 4) is 5.69 Å². The van der Waals surface area contributed by atoms with Crippen LogP contribution in [0.4, 0.5) is 0 Å². The monoisotopic (exact) mass is 454 g/mol. The number of nitrogens with zero attached hydrogens (tertiary/aromatic N) is 3. The van der Waals surface area contributed by atoms with Gasteiger partial charge in [-0.3, -0.25) is 18.7 Å². The highest BCUT2D eigenvalue weighted by atomic mass is 35.5. The summed E-state index contributed by atoms with van der Waals surface area (Å²) in [5.74, 6) is 0.119. The zero-order chi connectivity index (χ0) is 20.3. The van der Waals surface area contributed by atoms with Crippen LogP contribution < -0.4 is 10.9 Å². The molecule has 0 saturated heterocycles. The molecule has 28 heavy (non-hydrogen) atoms. The summed E-state index contributed by atoms with van der Waals surface area (Å²) in [7, 11) is 1.65. The van der Waals surface area contributed by atoms with Crippen molar-refractivity contribution in [3.05, 3.63) is 43.6 Å². The molecule has 148 valence electrons. The second-order valence-corrected chi connectivity index (χ2v) is 9.11. The zero-order valence-corrected chi connectivity index (χ0v) is 18.6. The van der Waals surface area contributed by atoms with Gasteiger partial charge in [-0.15, -0.1) is 0 Å². The molecule has 10 heteroatoms. The Morgan fingerprint density at radius 3 is 2.75 bits per heavy atom. The van der Waals surface area contributed by atoms with Crippen molar-refractivity contribution in [2.75, 3.05) is 12.3 Å². The lowest BCUT2D eigenvalue weighted by Crippen LogP contribution is -2.27. The summed E-state index contributed by atoms with van der Waals surface area (Å²) in [6, 6.07) is 7.19. The Morgan fingerprint density at radius 1 is 1.36 bits per heavy atom. The Morgan fingerprint density at radius 2 is 2.07 bits per heavy atom. The van der Waals surface area contributed by atoms with Gasteiger partial charge in [0.15, 0.2) is 14.8 Å². The third-order valence-electron chi connectivity index (χ3n) is 4.04. The van der Waals surface area contributed by atoms with Crippen LogP contribution in [0.5, 0.6) is 0 Å². The van der Waals surface area contributed by atoms with Crippen LogP contribution in [0.15, 0.2) is 34.2 Å². The van der Waals surface area contributed by atoms with E-state index in [9.17, 15) is 9.59 Å². The number of halogens is 1. The van der Waals surface area contributed by atoms with E-state index in [0.29, 0.717) is 31.0 Å². The van der Waals surface area contributed by atoms with Crippen LogP contribution in [-0.2, 0) is 11.8 Å². The summed E-state index contributed by atoms with van der Waals surface area (Å²) in [5, 5.41) is 3.95. The van der Waals surface area contributed by atoms with E-state index in [1.807, 2.05) is 12.1 Å². The number of aromatic nitrogens is 3. The number of nitrogens with one attached hydrogen (secondary N) is 1. The molecule has 1 amide bonds. The molecular formula is C18H19ClN4O2S3. The maximum absolute atomic E-state index is 12.8. The normalized spacial score (nSPS) is 11.1. The summed E-state index contributed by atoms with van der Waals surface area (Å²) >= 11 is 13.9. The molecule has 3 rings (SSSR count). The molecule has 0 unspecified atom stereocenters. The summed E-state index contributed by atoms with van der Waals surface area (Å²) < 4.78 is 4.24. The van der Waals surface area contributed by atoms with E-state index in [4.69, 9.17) is 23.8 Å². The first-order valence-electron chi connectivity index (χ1n) is 8.70. The molecule has 0 radical (unpaired) electrons. The van der Waals surface area contributed by atoms with Gasteiger partial charge in [0.25, 0.3) is 5.56 Å². The second kappa shape index (κ2) is 9.21. The maximum atomic E-state index is 12.8. The number of unbranched alkanes of at least 4 members (excludes halogenated alkanes) is 1. The van der Waals surface area contributed by atoms with Crippen molar-refractivity contribution in [1.82, 2.24) is 19.4 Å². The fourth-order valence-electron chi connectivity index (χ4n) is 2.54. The number of amides is 1. The Hall–Kier alpha value is -1.68. The highest BCUT2D eigenvalue weighted by Crippen LogP contribution is 2.26. The smallest absolute Gasteiger partial charge is 0.273 e. The molecule has 1 N–H and O–H groups in total. The lowest BCUT2D eigenvalue weighted by Gasteiger charge is -2.09. The van der Waals surface area contributed by atoms with E-state index in [2.05, 4.69) is 17.2 Å². The fraction of sp³-hybridized carbons (Fsp3) is 0.333. The molecule has 0 saturated carbocycles. The molecule has 2 heterocycles. The van der Waals surface area contributed by atoms with Gasteiger partial charge in [0.1, 0.15) is 4.70 Å². The van der Waals surface area contributed by atoms with Crippen LogP contribution in [-0.4, -0.2) is 32.3 Å². The van der Waals surface area contributed by atoms with Gasteiger partial charge >= 0.3 is 0 Å². The number of fused-ring (bicyclic) bond motifs is 1. The first kappa shape index (κ1) is 21.0. The largest absolute Gasteiger partial charge is 0.355 e. The molecule has 0 atom stereocenters. The number of thiazole rings is 1. The molecule has 2 aromatic heterocycles. The minimum absolute atomic E-state index is 0.0762. The van der Waals surface area contributed by atoms with Crippen LogP contribution in [0.2, 0.25) is 5.02 Å². The van der Waals surface area contributed by atoms with Crippen LogP contribution in [0.1, 0.15) is 19.8 Å². The van der Waals surface area contributed by atoms with Crippen molar-refractivity contribution >= 4 is 63.2 Å². The number of benzene rings is 1. The summed E-state index contributed by atoms with van der Waals surface area (Å²) in [6.45, 7) is 2.72. The minimum atomic E-state index is -0.178. The summed E-state index contributed by atoms with van der Waals surface area (Å²) in [4.78, 5) is 29.4. The molecule has 3 aromatic rings. The molecular weight excluding hydrogens is 436 g/mol. The molecule has 1 aromatic carbocycles. The van der Waals surface area contributed by atoms with Crippen LogP contribution in [0.3, 0.4) is 0 Å². The SMILES string of the molecule is CCCCNC(=O)CSc1nc2c(sc(=S)n2-c2ccc(Cl)cc2)c(=O)n1C. The van der Waals surface area contributed by atoms with Crippen molar-refractivity contribution in [2.45, 2.75) is 24.9 Å². The predicted molar refractivity (Wildman–Crippen MR) is 119 cm³/mol. The topological polar surface area (TPSA) is 68.9 Å². The lowest BCUT2D eigenvalue weighted by atomic mass is 10.3. The molecule has 0 spiro atoms. The molecule has 0 bridgehead atoms. The Kier molecular flexibility index (Phi) is 6.92. The first-order chi connectivity index (χ1) is 13.4. The Bertz CT molecular complexity index is 1120. The highest BCUT2D eigenvalue weighted by molar-refractivity contribution is 7.99. The number of carbonyl (C=O) groups excluding carboxylic acids is 1. The van der Waals surface area contributed by atoms with Crippen molar-refractivity contribution in [2.24, 2.45) is 7.05 Å². The average molecular weight is 455 g/mol. The van der Waals surface area contributed by atoms with Gasteiger partial charge in [-0.2, -0.15) is 0 Å². The van der Waals surface area contributed by atoms with Gasteiger partial charge in [-0.25, -0.2) is 4.98 Å². The third kappa shape index (κ3) is 4.48. The van der Waals surface area contributed by atoms with Crippen molar-refractivity contribution in [1.29, 1.82) is 0 Å². The fourth-order valence-corrected chi connectivity index (χ4v) is 4.81. The Balaban J connectivity index is 1.96. The number of carbonyl (C=O) groups is 1. The summed E-state index contributed by atoms with van der Waals surface area (Å²) in [5.41, 5.74) is 1.10. The molecule has 0 aliphatic rings. The van der Waals surface area contributed by atoms with E-state index >= 15 is 0 Å². The zero-order valence-electron chi connectivity index (χ0n) is 15.4. The van der Waals surface area contributed by atoms with E-state index in [-0.39, 0.29) is 17.2 Å². The van der Waals surface area contributed by atoms with Gasteiger partial charge in [-0.05, 0) is 42.9 Å². The molecule has 0 aliphatic carbocycles. The summed E-state index contributed by atoms with van der Waals surface area (Å²) in [6.07, 6.45) is 1.96. The maximum Gasteiger partial charge on any atom is 0.273 e. The van der Waals surface area contributed by atoms with Crippen molar-refractivity contribution in [3.63, 3.8) is 0 Å². The first-order valence-corrected chi connectivity index (χ1v) is 11.3. The van der Waals surface area contributed by atoms with Crippen LogP contribution >= 0.6 is 46.9 Å². The minimum Gasteiger partial charge on any atom is -0.355 e. The standard InChI is InChI=1S/C18H19ClN4O2S3/c1-3-4-9-20-13(24)10-27-17-21-15-14(16(25)22(17)2)28-18(26)23(15)12-7-5-11(19)6-8-12/h5-8H,3-4,9-10H2,1-2H3,(H,20,24). The number of hydrogen-bond acceptors (Lipinski definition) is 6. The van der Waals surface area contributed by atoms with Crippen molar-refractivity contribution < 1.29 is 4.79 Å². The van der Waals surface area contributed by atoms with E-state index in [1.54, 1.807) is 23.7 Å². The average Bonchev–Trinajstić information content (AvgIpc) is 3.00. The van der Waals surface area contributed by atoms with Gasteiger partial charge in [0, 0.05) is 24.3 Å². The van der Waals surface area contributed by atoms with Crippen LogP contribution in [0.25, 0.3) is 16.0 Å². The molecule has 0 fully saturated rings. The van der Waals surface area contributed by atoms with E-state index < -0.39 is 0 Å². The number of thioether (sulfide) groups is 1. The number of hydrogen-bond donors (Lipinski definition) is 1. The van der Waals surface area contributed by atoms with Gasteiger partial charge in [-0.1, -0.05) is 48.0 Å². The third-order valence-corrected chi connectivity index (χ3v) is 6.68. The van der Waals surface area contributed by atoms with Gasteiger partial charge in [0.2, 0.25) is 5.91 Å². The molecule has 6 nitrogen and oxygen atoms in total. The van der Waals surface area contributed by atoms with E-state index in [0.717, 1.165) is 18.5 Å². The second-order valence-electron chi connectivity index (χ2n) is 6.08. The number of rotatable bonds is 7. The quantitative estimate of drug-likeness (QED) is 0.251. The van der Waals surface area contributed by atoms with Gasteiger partial charge in [0.05, 0.1) is 5.75 Å². The van der Waals surface area contributed by atoms with Gasteiger partial charge < -0.3 is 5.32 Å². The lowest BCUT2D eigenvalue weighted by molar-refractivity contribution is -0.118. The Labute approximate surface area is 180 Å². The predicted octanol–water partition coefficient (Wildman–Crippen LogP) is 4.18.